The lowest BCUT2D eigenvalue weighted by Gasteiger charge is -2.23. The van der Waals surface area contributed by atoms with Crippen molar-refractivity contribution in [2.45, 2.75) is 45.1 Å². The highest BCUT2D eigenvalue weighted by Crippen LogP contribution is 2.30. The van der Waals surface area contributed by atoms with Crippen molar-refractivity contribution in [1.29, 1.82) is 0 Å². The number of carbonyl (C=O) groups excluding carboxylic acids is 2. The van der Waals surface area contributed by atoms with Gasteiger partial charge in [0.05, 0.1) is 12.6 Å². The molecule has 2 aromatic carbocycles. The van der Waals surface area contributed by atoms with Gasteiger partial charge in [0.1, 0.15) is 0 Å². The first-order valence-electron chi connectivity index (χ1n) is 10.3. The highest BCUT2D eigenvalue weighted by molar-refractivity contribution is 5.99. The molecule has 2 N–H and O–H groups in total. The van der Waals surface area contributed by atoms with Crippen LogP contribution in [0.5, 0.6) is 0 Å². The van der Waals surface area contributed by atoms with Crippen LogP contribution in [0.4, 0.5) is 0 Å². The summed E-state index contributed by atoms with van der Waals surface area (Å²) in [7, 11) is 0. The van der Waals surface area contributed by atoms with Crippen LogP contribution in [-0.2, 0) is 9.53 Å². The van der Waals surface area contributed by atoms with E-state index in [0.717, 1.165) is 17.2 Å². The van der Waals surface area contributed by atoms with Crippen LogP contribution in [-0.4, -0.2) is 37.6 Å². The van der Waals surface area contributed by atoms with Gasteiger partial charge in [0.2, 0.25) is 5.91 Å². The molecule has 0 radical (unpaired) electrons. The first-order chi connectivity index (χ1) is 13.7. The predicted octanol–water partition coefficient (Wildman–Crippen LogP) is 3.67. The summed E-state index contributed by atoms with van der Waals surface area (Å²) in [6.45, 7) is 3.28. The number of benzene rings is 2. The average Bonchev–Trinajstić information content (AvgIpc) is 3.25. The van der Waals surface area contributed by atoms with Gasteiger partial charge in [0, 0.05) is 18.7 Å². The van der Waals surface area contributed by atoms with E-state index in [1.165, 1.54) is 25.7 Å². The van der Waals surface area contributed by atoms with Crippen LogP contribution in [0.25, 0.3) is 10.8 Å². The lowest BCUT2D eigenvalue weighted by Crippen LogP contribution is -2.38. The van der Waals surface area contributed by atoms with Crippen molar-refractivity contribution in [1.82, 2.24) is 10.6 Å². The molecule has 0 spiro atoms. The van der Waals surface area contributed by atoms with Crippen molar-refractivity contribution in [3.8, 4) is 0 Å². The Morgan fingerprint density at radius 2 is 1.82 bits per heavy atom. The maximum atomic E-state index is 12.3. The van der Waals surface area contributed by atoms with Gasteiger partial charge >= 0.3 is 0 Å². The summed E-state index contributed by atoms with van der Waals surface area (Å²) in [5, 5.41) is 7.69. The lowest BCUT2D eigenvalue weighted by molar-refractivity contribution is -0.120. The topological polar surface area (TPSA) is 67.4 Å². The third kappa shape index (κ3) is 5.55. The van der Waals surface area contributed by atoms with Crippen LogP contribution in [0.15, 0.2) is 42.5 Å². The van der Waals surface area contributed by atoms with Crippen LogP contribution < -0.4 is 10.6 Å². The van der Waals surface area contributed by atoms with Gasteiger partial charge in [-0.3, -0.25) is 9.59 Å². The maximum Gasteiger partial charge on any atom is 0.251 e. The van der Waals surface area contributed by atoms with Crippen molar-refractivity contribution >= 4 is 22.6 Å². The summed E-state index contributed by atoms with van der Waals surface area (Å²) >= 11 is 0. The number of nitrogens with one attached hydrogen (secondary N) is 2. The molecule has 0 bridgehead atoms. The van der Waals surface area contributed by atoms with E-state index in [0.29, 0.717) is 24.6 Å². The number of hydrogen-bond acceptors (Lipinski definition) is 3. The molecule has 2 aromatic rings. The van der Waals surface area contributed by atoms with Gasteiger partial charge in [0.25, 0.3) is 5.91 Å². The Kier molecular flexibility index (Phi) is 7.43. The second kappa shape index (κ2) is 10.2. The smallest absolute Gasteiger partial charge is 0.251 e. The van der Waals surface area contributed by atoms with Gasteiger partial charge in [-0.05, 0) is 55.0 Å². The Balaban J connectivity index is 1.42. The Morgan fingerprint density at radius 1 is 1.07 bits per heavy atom. The van der Waals surface area contributed by atoms with Crippen molar-refractivity contribution in [3.05, 3.63) is 48.0 Å². The van der Waals surface area contributed by atoms with Gasteiger partial charge in [-0.25, -0.2) is 0 Å². The monoisotopic (exact) mass is 382 g/mol. The second-order valence-corrected chi connectivity index (χ2v) is 7.42. The zero-order valence-electron chi connectivity index (χ0n) is 16.6. The molecule has 5 heteroatoms. The zero-order valence-corrected chi connectivity index (χ0v) is 16.6. The number of ether oxygens (including phenoxy) is 1. The molecule has 1 atom stereocenters. The summed E-state index contributed by atoms with van der Waals surface area (Å²) in [4.78, 5) is 24.4. The number of hydrogen-bond donors (Lipinski definition) is 2. The molecule has 1 fully saturated rings. The van der Waals surface area contributed by atoms with Gasteiger partial charge in [-0.15, -0.1) is 0 Å². The Hall–Kier alpha value is -2.40. The molecular weight excluding hydrogens is 352 g/mol. The van der Waals surface area contributed by atoms with Crippen LogP contribution in [0.2, 0.25) is 0 Å². The maximum absolute atomic E-state index is 12.3. The van der Waals surface area contributed by atoms with E-state index in [1.807, 2.05) is 43.3 Å². The minimum absolute atomic E-state index is 0.0195. The molecule has 0 saturated heterocycles. The first-order valence-corrected chi connectivity index (χ1v) is 10.3. The summed E-state index contributed by atoms with van der Waals surface area (Å²) in [6, 6.07) is 13.4. The first kappa shape index (κ1) is 20.3. The van der Waals surface area contributed by atoms with E-state index < -0.39 is 0 Å². The summed E-state index contributed by atoms with van der Waals surface area (Å²) in [5.74, 6) is 0.208. The van der Waals surface area contributed by atoms with Crippen molar-refractivity contribution in [3.63, 3.8) is 0 Å². The molecule has 1 aliphatic rings. The molecule has 0 heterocycles. The Labute approximate surface area is 166 Å². The molecule has 0 aliphatic heterocycles. The molecule has 1 saturated carbocycles. The molecule has 1 unspecified atom stereocenters. The highest BCUT2D eigenvalue weighted by Gasteiger charge is 2.25. The van der Waals surface area contributed by atoms with E-state index in [1.54, 1.807) is 6.07 Å². The summed E-state index contributed by atoms with van der Waals surface area (Å²) in [5.41, 5.74) is 0.559. The van der Waals surface area contributed by atoms with Gasteiger partial charge < -0.3 is 15.4 Å². The normalized spacial score (nSPS) is 15.5. The minimum Gasteiger partial charge on any atom is -0.378 e. The zero-order chi connectivity index (χ0) is 19.8. The molecule has 5 nitrogen and oxygen atoms in total. The molecule has 3 rings (SSSR count). The van der Waals surface area contributed by atoms with Crippen LogP contribution in [0.1, 0.15) is 49.4 Å². The lowest BCUT2D eigenvalue weighted by atomic mass is 9.98. The van der Waals surface area contributed by atoms with Crippen molar-refractivity contribution in [2.24, 2.45) is 5.92 Å². The molecule has 28 heavy (non-hydrogen) atoms. The fourth-order valence-electron chi connectivity index (χ4n) is 4.01. The largest absolute Gasteiger partial charge is 0.378 e. The summed E-state index contributed by atoms with van der Waals surface area (Å²) in [6.07, 6.45) is 6.05. The van der Waals surface area contributed by atoms with E-state index in [9.17, 15) is 9.59 Å². The van der Waals surface area contributed by atoms with Crippen LogP contribution in [0, 0.1) is 5.92 Å². The van der Waals surface area contributed by atoms with Crippen LogP contribution in [0.3, 0.4) is 0 Å². The number of carbonyl (C=O) groups is 2. The summed E-state index contributed by atoms with van der Waals surface area (Å²) < 4.78 is 5.88. The van der Waals surface area contributed by atoms with Crippen molar-refractivity contribution < 1.29 is 14.3 Å². The minimum atomic E-state index is -0.237. The van der Waals surface area contributed by atoms with E-state index in [4.69, 9.17) is 4.74 Å². The number of amides is 2. The molecule has 2 amide bonds. The number of fused-ring (bicyclic) bond motifs is 1. The molecule has 1 aliphatic carbocycles. The van der Waals surface area contributed by atoms with Crippen LogP contribution >= 0.6 is 0 Å². The van der Waals surface area contributed by atoms with E-state index >= 15 is 0 Å². The van der Waals surface area contributed by atoms with E-state index in [-0.39, 0.29) is 24.5 Å². The second-order valence-electron chi connectivity index (χ2n) is 7.42. The molecule has 0 aromatic heterocycles. The quantitative estimate of drug-likeness (QED) is 0.695. The van der Waals surface area contributed by atoms with Gasteiger partial charge in [-0.1, -0.05) is 43.2 Å². The third-order valence-corrected chi connectivity index (χ3v) is 5.48. The Bertz CT molecular complexity index is 799. The molecule has 150 valence electrons. The standard InChI is InChI=1S/C23H30N2O3/c1-2-28-21(18-8-4-5-9-18)13-14-24-22(26)16-25-23(27)20-12-11-17-7-3-6-10-19(17)15-20/h3,6-7,10-12,15,18,21H,2,4-5,8-9,13-14,16H2,1H3,(H,24,26)(H,25,27). The van der Waals surface area contributed by atoms with Gasteiger partial charge in [-0.2, -0.15) is 0 Å². The van der Waals surface area contributed by atoms with Crippen molar-refractivity contribution in [2.75, 3.05) is 19.7 Å². The van der Waals surface area contributed by atoms with E-state index in [2.05, 4.69) is 10.6 Å². The molecular formula is C23H30N2O3. The SMILES string of the molecule is CCOC(CCNC(=O)CNC(=O)c1ccc2ccccc2c1)C1CCCC1. The predicted molar refractivity (Wildman–Crippen MR) is 111 cm³/mol. The fourth-order valence-corrected chi connectivity index (χ4v) is 4.01. The third-order valence-electron chi connectivity index (χ3n) is 5.48. The average molecular weight is 383 g/mol. The Morgan fingerprint density at radius 3 is 2.57 bits per heavy atom. The highest BCUT2D eigenvalue weighted by atomic mass is 16.5. The fraction of sp³-hybridized carbons (Fsp3) is 0.478. The number of rotatable bonds is 9. The van der Waals surface area contributed by atoms with Gasteiger partial charge in [0.15, 0.2) is 0 Å².